The summed E-state index contributed by atoms with van der Waals surface area (Å²) >= 11 is 0. The molecule has 0 radical (unpaired) electrons. The summed E-state index contributed by atoms with van der Waals surface area (Å²) in [7, 11) is 1.36. The van der Waals surface area contributed by atoms with Crippen LogP contribution in [0.15, 0.2) is 60.9 Å². The molecular weight excluding hydrogens is 885 g/mol. The van der Waals surface area contributed by atoms with Gasteiger partial charge in [-0.05, 0) is 26.0 Å². The largest absolute Gasteiger partial charge is 0.453 e. The smallest absolute Gasteiger partial charge is 0.409 e. The SMILES string of the molecule is COC(=O)N1CCN(c2nc3cc(F)cc(F)c3c(Nc3ccnc(N4CCOCC4)c3)c2C)CC1.Cc1c(N2CCNCC2)nc2cc(F)cc(F)c2c1Nc1ccnc(N2CCOCC2)c1. The maximum absolute atomic E-state index is 15.1. The van der Waals surface area contributed by atoms with Crippen molar-refractivity contribution in [3.63, 3.8) is 0 Å². The third-order valence-electron chi connectivity index (χ3n) is 12.6. The van der Waals surface area contributed by atoms with Crippen molar-refractivity contribution in [1.82, 2.24) is 30.2 Å². The first-order chi connectivity index (χ1) is 33.0. The molecule has 16 nitrogen and oxygen atoms in total. The molecule has 0 bridgehead atoms. The fraction of sp³-hybridized carbons (Fsp3) is 0.396. The number of ether oxygens (including phenoxy) is 3. The molecule has 3 N–H and O–H groups in total. The molecule has 0 atom stereocenters. The normalized spacial score (nSPS) is 16.7. The first-order valence-electron chi connectivity index (χ1n) is 22.8. The highest BCUT2D eigenvalue weighted by molar-refractivity contribution is 5.99. The van der Waals surface area contributed by atoms with E-state index in [-0.39, 0.29) is 22.4 Å². The molecule has 10 rings (SSSR count). The molecular formula is C48H54F4N12O4. The second-order valence-electron chi connectivity index (χ2n) is 16.9. The molecule has 68 heavy (non-hydrogen) atoms. The topological polar surface area (TPSA) is 149 Å². The molecule has 4 fully saturated rings. The number of nitrogens with one attached hydrogen (secondary N) is 3. The number of amides is 1. The fourth-order valence-corrected chi connectivity index (χ4v) is 9.03. The molecule has 0 aliphatic carbocycles. The Labute approximate surface area is 391 Å². The highest BCUT2D eigenvalue weighted by atomic mass is 19.1. The molecule has 2 aromatic carbocycles. The van der Waals surface area contributed by atoms with Crippen LogP contribution in [0, 0.1) is 37.1 Å². The average molecular weight is 939 g/mol. The Kier molecular flexibility index (Phi) is 14.1. The van der Waals surface area contributed by atoms with E-state index in [0.717, 1.165) is 104 Å². The number of rotatable bonds is 8. The number of fused-ring (bicyclic) bond motifs is 2. The van der Waals surface area contributed by atoms with Crippen molar-refractivity contribution in [2.45, 2.75) is 13.8 Å². The Bertz CT molecular complexity index is 2780. The van der Waals surface area contributed by atoms with Crippen molar-refractivity contribution >= 4 is 73.9 Å². The second-order valence-corrected chi connectivity index (χ2v) is 16.9. The van der Waals surface area contributed by atoms with Crippen LogP contribution in [0.1, 0.15) is 11.1 Å². The van der Waals surface area contributed by atoms with Crippen LogP contribution < -0.4 is 35.6 Å². The number of carbonyl (C=O) groups excluding carboxylic acids is 1. The predicted molar refractivity (Wildman–Crippen MR) is 255 cm³/mol. The van der Waals surface area contributed by atoms with Gasteiger partial charge in [0.15, 0.2) is 0 Å². The number of methoxy groups -OCH3 is 1. The lowest BCUT2D eigenvalue weighted by Crippen LogP contribution is -2.49. The molecule has 20 heteroatoms. The minimum absolute atomic E-state index is 0.216. The molecule has 358 valence electrons. The molecule has 1 amide bonds. The van der Waals surface area contributed by atoms with Crippen LogP contribution in [-0.2, 0) is 14.2 Å². The van der Waals surface area contributed by atoms with Crippen LogP contribution in [0.2, 0.25) is 0 Å². The molecule has 4 aromatic heterocycles. The maximum Gasteiger partial charge on any atom is 0.409 e. The lowest BCUT2D eigenvalue weighted by atomic mass is 10.1. The van der Waals surface area contributed by atoms with E-state index in [1.54, 1.807) is 17.3 Å². The van der Waals surface area contributed by atoms with Crippen LogP contribution in [-0.4, -0.2) is 143 Å². The van der Waals surface area contributed by atoms with Crippen molar-refractivity contribution in [3.05, 3.63) is 95.3 Å². The predicted octanol–water partition coefficient (Wildman–Crippen LogP) is 6.89. The van der Waals surface area contributed by atoms with E-state index in [1.807, 2.05) is 43.0 Å². The zero-order valence-corrected chi connectivity index (χ0v) is 38.3. The number of anilines is 8. The molecule has 4 aliphatic heterocycles. The summed E-state index contributed by atoms with van der Waals surface area (Å²) in [5, 5.41) is 10.6. The lowest BCUT2D eigenvalue weighted by Gasteiger charge is -2.35. The van der Waals surface area contributed by atoms with Crippen LogP contribution in [0.3, 0.4) is 0 Å². The average Bonchev–Trinajstić information content (AvgIpc) is 3.36. The Morgan fingerprint density at radius 2 is 1.04 bits per heavy atom. The van der Waals surface area contributed by atoms with Gasteiger partial charge < -0.3 is 54.7 Å². The first kappa shape index (κ1) is 46.3. The summed E-state index contributed by atoms with van der Waals surface area (Å²) < 4.78 is 73.9. The van der Waals surface area contributed by atoms with Crippen molar-refractivity contribution < 1.29 is 36.6 Å². The molecule has 6 aromatic rings. The van der Waals surface area contributed by atoms with Crippen LogP contribution in [0.5, 0.6) is 0 Å². The quantitative estimate of drug-likeness (QED) is 0.136. The van der Waals surface area contributed by atoms with Crippen molar-refractivity contribution in [3.8, 4) is 0 Å². The number of halogens is 4. The van der Waals surface area contributed by atoms with Gasteiger partial charge in [0.1, 0.15) is 46.5 Å². The first-order valence-corrected chi connectivity index (χ1v) is 22.8. The van der Waals surface area contributed by atoms with Gasteiger partial charge >= 0.3 is 6.09 Å². The Morgan fingerprint density at radius 3 is 1.49 bits per heavy atom. The molecule has 0 saturated carbocycles. The number of pyridine rings is 4. The van der Waals surface area contributed by atoms with Gasteiger partial charge in [-0.1, -0.05) is 0 Å². The zero-order valence-electron chi connectivity index (χ0n) is 38.3. The summed E-state index contributed by atoms with van der Waals surface area (Å²) in [6.07, 6.45) is 3.06. The fourth-order valence-electron chi connectivity index (χ4n) is 9.03. The van der Waals surface area contributed by atoms with Gasteiger partial charge in [-0.25, -0.2) is 42.3 Å². The summed E-state index contributed by atoms with van der Waals surface area (Å²) in [6.45, 7) is 14.6. The third kappa shape index (κ3) is 10.1. The summed E-state index contributed by atoms with van der Waals surface area (Å²) in [6, 6.07) is 11.8. The number of nitrogens with zero attached hydrogens (tertiary/aromatic N) is 9. The summed E-state index contributed by atoms with van der Waals surface area (Å²) in [4.78, 5) is 40.2. The van der Waals surface area contributed by atoms with E-state index in [2.05, 4.69) is 50.6 Å². The van der Waals surface area contributed by atoms with E-state index < -0.39 is 23.3 Å². The number of piperazine rings is 2. The van der Waals surface area contributed by atoms with Gasteiger partial charge in [-0.3, -0.25) is 0 Å². The minimum Gasteiger partial charge on any atom is -0.453 e. The van der Waals surface area contributed by atoms with Crippen molar-refractivity contribution in [1.29, 1.82) is 0 Å². The van der Waals surface area contributed by atoms with Gasteiger partial charge in [0.2, 0.25) is 0 Å². The van der Waals surface area contributed by atoms with E-state index in [9.17, 15) is 18.0 Å². The number of hydrogen-bond donors (Lipinski definition) is 3. The van der Waals surface area contributed by atoms with Crippen LogP contribution >= 0.6 is 0 Å². The van der Waals surface area contributed by atoms with Crippen molar-refractivity contribution in [2.75, 3.05) is 142 Å². The van der Waals surface area contributed by atoms with E-state index in [4.69, 9.17) is 14.2 Å². The van der Waals surface area contributed by atoms with Crippen LogP contribution in [0.25, 0.3) is 21.8 Å². The van der Waals surface area contributed by atoms with Crippen molar-refractivity contribution in [2.24, 2.45) is 0 Å². The second kappa shape index (κ2) is 20.6. The molecule has 8 heterocycles. The number of carbonyl (C=O) groups is 1. The molecule has 4 aliphatic rings. The maximum atomic E-state index is 15.1. The van der Waals surface area contributed by atoms with Gasteiger partial charge in [0, 0.05) is 150 Å². The molecule has 4 saturated heterocycles. The Hall–Kier alpha value is -6.77. The van der Waals surface area contributed by atoms with E-state index in [1.165, 1.54) is 19.2 Å². The Morgan fingerprint density at radius 1 is 0.603 bits per heavy atom. The van der Waals surface area contributed by atoms with E-state index in [0.29, 0.717) is 75.3 Å². The minimum atomic E-state index is -0.692. The van der Waals surface area contributed by atoms with Crippen LogP contribution in [0.4, 0.5) is 68.4 Å². The summed E-state index contributed by atoms with van der Waals surface area (Å²) in [5.41, 5.74) is 4.69. The standard InChI is InChI=1S/C25H28F2N6O3.C23H26F2N6O/c1-16-23(29-18-3-4-28-21(15-18)31-9-11-36-12-10-31)22-19(27)13-17(26)14-20(22)30-24(16)32-5-7-33(8-6-32)25(34)35-2;1-15-22(28-17-2-3-27-20(14-17)30-8-10-32-11-9-30)21-18(25)12-16(24)13-19(21)29-23(15)31-6-4-26-5-7-31/h3-4,13-15H,5-12H2,1-2H3,(H,28,29,30);2-3,12-14,26H,4-11H2,1H3,(H,27,28,29). The monoisotopic (exact) mass is 938 g/mol. The lowest BCUT2D eigenvalue weighted by molar-refractivity contribution is 0.121. The van der Waals surface area contributed by atoms with E-state index >= 15 is 4.39 Å². The Balaban J connectivity index is 0.000000171. The number of benzene rings is 2. The molecule has 0 spiro atoms. The van der Waals surface area contributed by atoms with Gasteiger partial charge in [0.05, 0.1) is 66.7 Å². The number of aromatic nitrogens is 4. The summed E-state index contributed by atoms with van der Waals surface area (Å²) in [5.74, 6) is 0.341. The number of hydrogen-bond acceptors (Lipinski definition) is 15. The molecule has 0 unspecified atom stereocenters. The van der Waals surface area contributed by atoms with Gasteiger partial charge in [-0.2, -0.15) is 0 Å². The third-order valence-corrected chi connectivity index (χ3v) is 12.6. The zero-order chi connectivity index (χ0) is 47.3. The van der Waals surface area contributed by atoms with Gasteiger partial charge in [0.25, 0.3) is 0 Å². The number of morpholine rings is 2. The van der Waals surface area contributed by atoms with Gasteiger partial charge in [-0.15, -0.1) is 0 Å². The highest BCUT2D eigenvalue weighted by Crippen LogP contribution is 2.39. The highest BCUT2D eigenvalue weighted by Gasteiger charge is 2.27.